The van der Waals surface area contributed by atoms with Crippen molar-refractivity contribution in [1.82, 2.24) is 14.5 Å². The van der Waals surface area contributed by atoms with Crippen molar-refractivity contribution in [3.8, 4) is 0 Å². The molecule has 22 heavy (non-hydrogen) atoms. The fourth-order valence-electron chi connectivity index (χ4n) is 2.44. The topological polar surface area (TPSA) is 98.7 Å². The third-order valence-corrected chi connectivity index (χ3v) is 5.43. The summed E-state index contributed by atoms with van der Waals surface area (Å²) in [6.07, 6.45) is -0.557. The predicted octanol–water partition coefficient (Wildman–Crippen LogP) is 1.35. The summed E-state index contributed by atoms with van der Waals surface area (Å²) in [6.45, 7) is 5.70. The maximum absolute atomic E-state index is 12.7. The van der Waals surface area contributed by atoms with Crippen LogP contribution in [0.15, 0.2) is 19.8 Å². The predicted molar refractivity (Wildman–Crippen MR) is 74.7 cm³/mol. The molecular formula is C13H17N3O5S. The normalized spacial score (nSPS) is 20.4. The monoisotopic (exact) mass is 327 g/mol. The molecule has 3 heterocycles. The van der Waals surface area contributed by atoms with E-state index in [0.29, 0.717) is 17.4 Å². The van der Waals surface area contributed by atoms with E-state index in [1.165, 1.54) is 10.4 Å². The number of aryl methyl sites for hydroxylation is 3. The summed E-state index contributed by atoms with van der Waals surface area (Å²) in [5.74, 6) is 1.65. The number of morpholine rings is 1. The van der Waals surface area contributed by atoms with Gasteiger partial charge in [0.1, 0.15) is 22.5 Å². The summed E-state index contributed by atoms with van der Waals surface area (Å²) in [5, 5.41) is 7.64. The van der Waals surface area contributed by atoms with Crippen LogP contribution in [-0.4, -0.2) is 42.6 Å². The Morgan fingerprint density at radius 1 is 1.23 bits per heavy atom. The summed E-state index contributed by atoms with van der Waals surface area (Å²) in [6, 6.07) is 1.53. The van der Waals surface area contributed by atoms with Crippen LogP contribution in [0.4, 0.5) is 0 Å². The largest absolute Gasteiger partial charge is 0.465 e. The molecule has 3 rings (SSSR count). The highest BCUT2D eigenvalue weighted by atomic mass is 32.2. The number of hydrogen-bond donors (Lipinski definition) is 0. The number of nitrogens with zero attached hydrogens (tertiary/aromatic N) is 3. The van der Waals surface area contributed by atoms with Gasteiger partial charge in [0.05, 0.1) is 6.61 Å². The van der Waals surface area contributed by atoms with Crippen LogP contribution < -0.4 is 0 Å². The second kappa shape index (κ2) is 5.49. The second-order valence-electron chi connectivity index (χ2n) is 5.16. The molecule has 120 valence electrons. The third-order valence-electron chi connectivity index (χ3n) is 3.46. The van der Waals surface area contributed by atoms with E-state index in [-0.39, 0.29) is 30.5 Å². The lowest BCUT2D eigenvalue weighted by atomic mass is 10.3. The molecule has 2 aromatic heterocycles. The summed E-state index contributed by atoms with van der Waals surface area (Å²) in [4.78, 5) is 0.187. The molecule has 0 amide bonds. The Morgan fingerprint density at radius 2 is 2.00 bits per heavy atom. The number of rotatable bonds is 3. The molecule has 0 radical (unpaired) electrons. The van der Waals surface area contributed by atoms with Gasteiger partial charge in [0, 0.05) is 20.0 Å². The average Bonchev–Trinajstić information content (AvgIpc) is 3.05. The van der Waals surface area contributed by atoms with Crippen molar-refractivity contribution >= 4 is 10.0 Å². The molecule has 1 fully saturated rings. The molecule has 0 N–H and O–H groups in total. The van der Waals surface area contributed by atoms with Gasteiger partial charge in [-0.3, -0.25) is 0 Å². The van der Waals surface area contributed by atoms with Gasteiger partial charge in [0.2, 0.25) is 21.8 Å². The number of furan rings is 1. The molecule has 0 aromatic carbocycles. The highest BCUT2D eigenvalue weighted by Crippen LogP contribution is 2.28. The van der Waals surface area contributed by atoms with Crippen LogP contribution >= 0.6 is 0 Å². The van der Waals surface area contributed by atoms with E-state index in [9.17, 15) is 8.42 Å². The van der Waals surface area contributed by atoms with Gasteiger partial charge < -0.3 is 13.6 Å². The van der Waals surface area contributed by atoms with E-state index >= 15 is 0 Å². The van der Waals surface area contributed by atoms with Crippen LogP contribution in [0.3, 0.4) is 0 Å². The smallest absolute Gasteiger partial charge is 0.246 e. The minimum Gasteiger partial charge on any atom is -0.465 e. The summed E-state index contributed by atoms with van der Waals surface area (Å²) in [5.41, 5.74) is 0. The molecule has 1 saturated heterocycles. The molecule has 1 aliphatic rings. The minimum absolute atomic E-state index is 0.133. The molecule has 2 aromatic rings. The summed E-state index contributed by atoms with van der Waals surface area (Å²) >= 11 is 0. The quantitative estimate of drug-likeness (QED) is 0.839. The van der Waals surface area contributed by atoms with Gasteiger partial charge in [0.25, 0.3) is 0 Å². The number of aromatic nitrogens is 2. The van der Waals surface area contributed by atoms with Gasteiger partial charge in [-0.1, -0.05) is 0 Å². The van der Waals surface area contributed by atoms with Crippen molar-refractivity contribution in [3.05, 3.63) is 29.4 Å². The maximum Gasteiger partial charge on any atom is 0.246 e. The van der Waals surface area contributed by atoms with Crippen molar-refractivity contribution in [3.63, 3.8) is 0 Å². The Hall–Kier alpha value is -1.71. The molecule has 0 aliphatic carbocycles. The first-order valence-electron chi connectivity index (χ1n) is 6.86. The van der Waals surface area contributed by atoms with Crippen molar-refractivity contribution in [2.45, 2.75) is 31.8 Å². The molecule has 1 aliphatic heterocycles. The lowest BCUT2D eigenvalue weighted by molar-refractivity contribution is -0.0177. The first-order valence-corrected chi connectivity index (χ1v) is 8.30. The van der Waals surface area contributed by atoms with Crippen molar-refractivity contribution < 1.29 is 22.0 Å². The van der Waals surface area contributed by atoms with Crippen LogP contribution in [0, 0.1) is 20.8 Å². The standard InChI is InChI=1S/C13H17N3O5S/c1-8-6-12(9(2)20-8)22(17,18)16-4-5-19-11(7-16)13-15-14-10(3)21-13/h6,11H,4-5,7H2,1-3H3/t11-/m0/s1. The van der Waals surface area contributed by atoms with Crippen LogP contribution in [0.25, 0.3) is 0 Å². The molecule has 0 unspecified atom stereocenters. The molecule has 9 heteroatoms. The van der Waals surface area contributed by atoms with E-state index < -0.39 is 16.1 Å². The zero-order valence-electron chi connectivity index (χ0n) is 12.6. The molecular weight excluding hydrogens is 310 g/mol. The molecule has 8 nitrogen and oxygen atoms in total. The Morgan fingerprint density at radius 3 is 2.59 bits per heavy atom. The third kappa shape index (κ3) is 2.67. The van der Waals surface area contributed by atoms with Gasteiger partial charge in [-0.15, -0.1) is 10.2 Å². The molecule has 1 atom stereocenters. The van der Waals surface area contributed by atoms with Gasteiger partial charge in [-0.05, 0) is 19.9 Å². The highest BCUT2D eigenvalue weighted by molar-refractivity contribution is 7.89. The van der Waals surface area contributed by atoms with Crippen LogP contribution in [0.1, 0.15) is 29.4 Å². The Bertz CT molecular complexity index is 779. The van der Waals surface area contributed by atoms with Crippen molar-refractivity contribution in [2.24, 2.45) is 0 Å². The number of ether oxygens (including phenoxy) is 1. The van der Waals surface area contributed by atoms with Gasteiger partial charge in [-0.25, -0.2) is 8.42 Å². The number of sulfonamides is 1. The lowest BCUT2D eigenvalue weighted by Gasteiger charge is -2.30. The van der Waals surface area contributed by atoms with Crippen LogP contribution in [-0.2, 0) is 14.8 Å². The fourth-order valence-corrected chi connectivity index (χ4v) is 4.08. The van der Waals surface area contributed by atoms with E-state index in [1.54, 1.807) is 20.8 Å². The van der Waals surface area contributed by atoms with E-state index in [0.717, 1.165) is 0 Å². The van der Waals surface area contributed by atoms with Gasteiger partial charge in [0.15, 0.2) is 0 Å². The zero-order valence-corrected chi connectivity index (χ0v) is 13.4. The SMILES string of the molecule is Cc1cc(S(=O)(=O)N2CCO[C@H](c3nnc(C)o3)C2)c(C)o1. The van der Waals surface area contributed by atoms with Crippen LogP contribution in [0.5, 0.6) is 0 Å². The molecule has 0 spiro atoms. The molecule has 0 saturated carbocycles. The summed E-state index contributed by atoms with van der Waals surface area (Å²) < 4.78 is 43.1. The first-order chi connectivity index (χ1) is 10.4. The lowest BCUT2D eigenvalue weighted by Crippen LogP contribution is -2.42. The van der Waals surface area contributed by atoms with Crippen LogP contribution in [0.2, 0.25) is 0 Å². The highest BCUT2D eigenvalue weighted by Gasteiger charge is 2.35. The van der Waals surface area contributed by atoms with Crippen molar-refractivity contribution in [1.29, 1.82) is 0 Å². The van der Waals surface area contributed by atoms with Crippen molar-refractivity contribution in [2.75, 3.05) is 19.7 Å². The minimum atomic E-state index is -3.64. The van der Waals surface area contributed by atoms with Gasteiger partial charge >= 0.3 is 0 Å². The summed E-state index contributed by atoms with van der Waals surface area (Å²) in [7, 11) is -3.64. The number of hydrogen-bond acceptors (Lipinski definition) is 7. The Kier molecular flexibility index (Phi) is 3.79. The maximum atomic E-state index is 12.7. The second-order valence-corrected chi connectivity index (χ2v) is 7.07. The van der Waals surface area contributed by atoms with E-state index in [1.807, 2.05) is 0 Å². The first kappa shape index (κ1) is 15.2. The Balaban J connectivity index is 1.86. The van der Waals surface area contributed by atoms with Gasteiger partial charge in [-0.2, -0.15) is 4.31 Å². The fraction of sp³-hybridized carbons (Fsp3) is 0.538. The zero-order chi connectivity index (χ0) is 15.9. The Labute approximate surface area is 128 Å². The molecule has 0 bridgehead atoms. The van der Waals surface area contributed by atoms with E-state index in [4.69, 9.17) is 13.6 Å². The average molecular weight is 327 g/mol. The van der Waals surface area contributed by atoms with E-state index in [2.05, 4.69) is 10.2 Å².